The van der Waals surface area contributed by atoms with E-state index in [1.165, 1.54) is 11.6 Å². The third-order valence-corrected chi connectivity index (χ3v) is 4.38. The lowest BCUT2D eigenvalue weighted by Gasteiger charge is -2.29. The third-order valence-electron chi connectivity index (χ3n) is 4.38. The molecule has 0 atom stereocenters. The molecule has 0 saturated carbocycles. The van der Waals surface area contributed by atoms with Gasteiger partial charge in [-0.2, -0.15) is 5.26 Å². The van der Waals surface area contributed by atoms with Crippen LogP contribution in [0.1, 0.15) is 24.0 Å². The molecule has 2 aromatic carbocycles. The summed E-state index contributed by atoms with van der Waals surface area (Å²) in [7, 11) is 0. The molecule has 0 aliphatic carbocycles. The highest BCUT2D eigenvalue weighted by Gasteiger charge is 2.18. The van der Waals surface area contributed by atoms with E-state index in [-0.39, 0.29) is 0 Å². The van der Waals surface area contributed by atoms with Crippen LogP contribution in [0.25, 0.3) is 5.57 Å². The van der Waals surface area contributed by atoms with Crippen LogP contribution in [0.2, 0.25) is 0 Å². The summed E-state index contributed by atoms with van der Waals surface area (Å²) in [6, 6.07) is 16.1. The van der Waals surface area contributed by atoms with Crippen LogP contribution in [0.5, 0.6) is 0 Å². The highest BCUT2D eigenvalue weighted by Crippen LogP contribution is 2.27. The lowest BCUT2D eigenvalue weighted by atomic mass is 9.93. The Morgan fingerprint density at radius 3 is 2.33 bits per heavy atom. The molecule has 0 N–H and O–H groups in total. The summed E-state index contributed by atoms with van der Waals surface area (Å²) in [4.78, 5) is 2.35. The molecule has 24 heavy (non-hydrogen) atoms. The number of likely N-dealkylation sites (tertiary alicyclic amines) is 1. The fourth-order valence-electron chi connectivity index (χ4n) is 3.07. The molecule has 3 rings (SSSR count). The van der Waals surface area contributed by atoms with Crippen LogP contribution in [0.4, 0.5) is 8.78 Å². The van der Waals surface area contributed by atoms with E-state index < -0.39 is 11.6 Å². The van der Waals surface area contributed by atoms with Crippen LogP contribution in [0.3, 0.4) is 0 Å². The van der Waals surface area contributed by atoms with Gasteiger partial charge in [0.2, 0.25) is 0 Å². The molecule has 0 bridgehead atoms. The Balaban J connectivity index is 1.72. The zero-order valence-corrected chi connectivity index (χ0v) is 13.3. The van der Waals surface area contributed by atoms with Gasteiger partial charge in [0.05, 0.1) is 11.6 Å². The fourth-order valence-corrected chi connectivity index (χ4v) is 3.07. The van der Waals surface area contributed by atoms with Crippen molar-refractivity contribution in [2.45, 2.75) is 19.4 Å². The average Bonchev–Trinajstić information content (AvgIpc) is 2.61. The fraction of sp³-hybridized carbons (Fsp3) is 0.250. The predicted molar refractivity (Wildman–Crippen MR) is 89.8 cm³/mol. The van der Waals surface area contributed by atoms with Crippen molar-refractivity contribution in [2.75, 3.05) is 13.1 Å². The van der Waals surface area contributed by atoms with E-state index >= 15 is 0 Å². The number of nitrogens with zero attached hydrogens (tertiary/aromatic N) is 2. The molecule has 1 aliphatic rings. The largest absolute Gasteiger partial charge is 0.298 e. The molecule has 2 nitrogen and oxygen atoms in total. The van der Waals surface area contributed by atoms with Crippen molar-refractivity contribution in [3.05, 3.63) is 76.9 Å². The summed E-state index contributed by atoms with van der Waals surface area (Å²) in [6.07, 6.45) is 1.55. The van der Waals surface area contributed by atoms with E-state index in [0.717, 1.165) is 50.2 Å². The van der Waals surface area contributed by atoms with Gasteiger partial charge in [0.1, 0.15) is 0 Å². The molecule has 0 amide bonds. The Morgan fingerprint density at radius 2 is 1.71 bits per heavy atom. The van der Waals surface area contributed by atoms with Crippen molar-refractivity contribution < 1.29 is 8.78 Å². The van der Waals surface area contributed by atoms with Gasteiger partial charge >= 0.3 is 0 Å². The Labute approximate surface area is 140 Å². The smallest absolute Gasteiger partial charge is 0.159 e. The van der Waals surface area contributed by atoms with Crippen LogP contribution in [0.15, 0.2) is 54.1 Å². The van der Waals surface area contributed by atoms with Gasteiger partial charge in [-0.15, -0.1) is 0 Å². The lowest BCUT2D eigenvalue weighted by molar-refractivity contribution is 0.248. The normalized spacial score (nSPS) is 15.1. The summed E-state index contributed by atoms with van der Waals surface area (Å²) in [5.41, 5.74) is 3.23. The van der Waals surface area contributed by atoms with Gasteiger partial charge in [-0.1, -0.05) is 36.4 Å². The number of allylic oxidation sites excluding steroid dienone is 1. The highest BCUT2D eigenvalue weighted by atomic mass is 19.2. The summed E-state index contributed by atoms with van der Waals surface area (Å²) >= 11 is 0. The van der Waals surface area contributed by atoms with Crippen LogP contribution < -0.4 is 0 Å². The zero-order valence-electron chi connectivity index (χ0n) is 13.3. The number of piperidine rings is 1. The second-order valence-corrected chi connectivity index (χ2v) is 5.98. The molecule has 122 valence electrons. The number of hydrogen-bond acceptors (Lipinski definition) is 2. The molecule has 1 saturated heterocycles. The Morgan fingerprint density at radius 1 is 1.00 bits per heavy atom. The molecule has 1 aliphatic heterocycles. The van der Waals surface area contributed by atoms with Crippen LogP contribution in [0, 0.1) is 23.0 Å². The standard InChI is InChI=1S/C20H18F2N2/c21-19-7-6-17(12-20(19)22)18(13-23)16-8-10-24(11-9-16)14-15-4-2-1-3-5-15/h1-7,12H,8-11,14H2. The van der Waals surface area contributed by atoms with E-state index in [0.29, 0.717) is 11.1 Å². The van der Waals surface area contributed by atoms with Gasteiger partial charge in [-0.3, -0.25) is 4.90 Å². The van der Waals surface area contributed by atoms with Crippen molar-refractivity contribution in [3.63, 3.8) is 0 Å². The van der Waals surface area contributed by atoms with E-state index in [1.54, 1.807) is 0 Å². The lowest BCUT2D eigenvalue weighted by Crippen LogP contribution is -2.30. The van der Waals surface area contributed by atoms with Crippen molar-refractivity contribution in [3.8, 4) is 6.07 Å². The second-order valence-electron chi connectivity index (χ2n) is 5.98. The van der Waals surface area contributed by atoms with Gasteiger partial charge in [-0.05, 0) is 41.7 Å². The van der Waals surface area contributed by atoms with Gasteiger partial charge in [0, 0.05) is 19.6 Å². The minimum absolute atomic E-state index is 0.461. The van der Waals surface area contributed by atoms with Crippen molar-refractivity contribution in [1.82, 2.24) is 4.90 Å². The van der Waals surface area contributed by atoms with Gasteiger partial charge in [0.15, 0.2) is 11.6 Å². The first-order valence-corrected chi connectivity index (χ1v) is 8.01. The van der Waals surface area contributed by atoms with Gasteiger partial charge < -0.3 is 0 Å². The molecule has 0 aromatic heterocycles. The SMILES string of the molecule is N#CC(=C1CCN(Cc2ccccc2)CC1)c1ccc(F)c(F)c1. The zero-order chi connectivity index (χ0) is 16.9. The van der Waals surface area contributed by atoms with E-state index in [2.05, 4.69) is 23.1 Å². The maximum absolute atomic E-state index is 13.4. The minimum atomic E-state index is -0.914. The summed E-state index contributed by atoms with van der Waals surface area (Å²) < 4.78 is 26.5. The Bertz CT molecular complexity index is 781. The average molecular weight is 324 g/mol. The number of halogens is 2. The van der Waals surface area contributed by atoms with E-state index in [1.807, 2.05) is 18.2 Å². The highest BCUT2D eigenvalue weighted by molar-refractivity contribution is 5.79. The maximum atomic E-state index is 13.4. The van der Waals surface area contributed by atoms with Crippen molar-refractivity contribution >= 4 is 5.57 Å². The second kappa shape index (κ2) is 7.37. The Hall–Kier alpha value is -2.51. The van der Waals surface area contributed by atoms with Crippen molar-refractivity contribution in [2.24, 2.45) is 0 Å². The molecule has 0 radical (unpaired) electrons. The molecule has 4 heteroatoms. The summed E-state index contributed by atoms with van der Waals surface area (Å²) in [5.74, 6) is -1.80. The van der Waals surface area contributed by atoms with Gasteiger partial charge in [0.25, 0.3) is 0 Å². The number of hydrogen-bond donors (Lipinski definition) is 0. The monoisotopic (exact) mass is 324 g/mol. The minimum Gasteiger partial charge on any atom is -0.298 e. The van der Waals surface area contributed by atoms with Crippen LogP contribution in [-0.2, 0) is 6.54 Å². The Kier molecular flexibility index (Phi) is 5.02. The van der Waals surface area contributed by atoms with Crippen LogP contribution >= 0.6 is 0 Å². The number of benzene rings is 2. The molecule has 1 fully saturated rings. The first-order chi connectivity index (χ1) is 11.7. The van der Waals surface area contributed by atoms with E-state index in [9.17, 15) is 14.0 Å². The van der Waals surface area contributed by atoms with E-state index in [4.69, 9.17) is 0 Å². The summed E-state index contributed by atoms with van der Waals surface area (Å²) in [6.45, 7) is 2.61. The first-order valence-electron chi connectivity index (χ1n) is 8.01. The quantitative estimate of drug-likeness (QED) is 0.775. The molecular formula is C20H18F2N2. The van der Waals surface area contributed by atoms with Crippen LogP contribution in [-0.4, -0.2) is 18.0 Å². The maximum Gasteiger partial charge on any atom is 0.159 e. The van der Waals surface area contributed by atoms with Gasteiger partial charge in [-0.25, -0.2) is 8.78 Å². The molecule has 0 unspecified atom stereocenters. The first kappa shape index (κ1) is 16.4. The molecule has 1 heterocycles. The number of nitriles is 1. The topological polar surface area (TPSA) is 27.0 Å². The predicted octanol–water partition coefficient (Wildman–Crippen LogP) is 4.54. The molecule has 2 aromatic rings. The molecular weight excluding hydrogens is 306 g/mol. The molecule has 0 spiro atoms. The van der Waals surface area contributed by atoms with Crippen molar-refractivity contribution in [1.29, 1.82) is 5.26 Å². The summed E-state index contributed by atoms with van der Waals surface area (Å²) in [5, 5.41) is 9.46. The number of rotatable bonds is 3. The third kappa shape index (κ3) is 3.69.